The Morgan fingerprint density at radius 3 is 2.52 bits per heavy atom. The normalized spacial score (nSPS) is 11.4. The number of benzene rings is 3. The van der Waals surface area contributed by atoms with Gasteiger partial charge in [0.15, 0.2) is 5.58 Å². The molecule has 0 radical (unpaired) electrons. The fourth-order valence-electron chi connectivity index (χ4n) is 3.11. The van der Waals surface area contributed by atoms with E-state index in [1.54, 1.807) is 18.2 Å². The van der Waals surface area contributed by atoms with E-state index < -0.39 is 4.92 Å². The standard InChI is InChI=1S/C22H17N3O4/c1-13-7-14(2)9-15(8-13)22-24-19-11-17(3-6-21(19)29-22)23-12-16-10-18(25(27)28)4-5-20(16)26/h3-12,26H,1-2H3/p-1. The number of aryl methyl sites for hydroxylation is 2. The highest BCUT2D eigenvalue weighted by molar-refractivity contribution is 5.87. The van der Waals surface area contributed by atoms with Gasteiger partial charge in [-0.3, -0.25) is 15.1 Å². The first-order valence-corrected chi connectivity index (χ1v) is 8.88. The molecule has 0 N–H and O–H groups in total. The van der Waals surface area contributed by atoms with Crippen molar-refractivity contribution < 1.29 is 14.4 Å². The Labute approximate surface area is 166 Å². The maximum absolute atomic E-state index is 11.9. The van der Waals surface area contributed by atoms with Crippen LogP contribution in [0.1, 0.15) is 16.7 Å². The number of nitrogens with zero attached hydrogens (tertiary/aromatic N) is 3. The number of aliphatic imine (C=N–C) groups is 1. The number of hydrogen-bond acceptors (Lipinski definition) is 6. The predicted molar refractivity (Wildman–Crippen MR) is 109 cm³/mol. The molecule has 0 atom stereocenters. The zero-order chi connectivity index (χ0) is 20.5. The summed E-state index contributed by atoms with van der Waals surface area (Å²) in [5, 5.41) is 22.8. The molecule has 1 aromatic heterocycles. The van der Waals surface area contributed by atoms with Gasteiger partial charge in [-0.05, 0) is 49.7 Å². The summed E-state index contributed by atoms with van der Waals surface area (Å²) in [5.41, 5.74) is 4.95. The van der Waals surface area contributed by atoms with E-state index in [1.807, 2.05) is 26.0 Å². The van der Waals surface area contributed by atoms with Gasteiger partial charge in [-0.1, -0.05) is 29.0 Å². The number of hydrogen-bond donors (Lipinski definition) is 0. The number of non-ortho nitro benzene ring substituents is 1. The van der Waals surface area contributed by atoms with Gasteiger partial charge < -0.3 is 9.52 Å². The lowest BCUT2D eigenvalue weighted by Crippen LogP contribution is -1.98. The Bertz CT molecular complexity index is 1250. The zero-order valence-corrected chi connectivity index (χ0v) is 15.7. The van der Waals surface area contributed by atoms with Crippen LogP contribution in [-0.4, -0.2) is 16.1 Å². The smallest absolute Gasteiger partial charge is 0.270 e. The lowest BCUT2D eigenvalue weighted by atomic mass is 10.1. The molecule has 0 aliphatic carbocycles. The molecule has 7 heteroatoms. The van der Waals surface area contributed by atoms with Gasteiger partial charge in [0, 0.05) is 23.9 Å². The van der Waals surface area contributed by atoms with Crippen LogP contribution in [0.3, 0.4) is 0 Å². The minimum Gasteiger partial charge on any atom is -0.872 e. The van der Waals surface area contributed by atoms with Crippen LogP contribution >= 0.6 is 0 Å². The predicted octanol–water partition coefficient (Wildman–Crippen LogP) is 4.84. The lowest BCUT2D eigenvalue weighted by Gasteiger charge is -2.08. The Morgan fingerprint density at radius 2 is 1.79 bits per heavy atom. The van der Waals surface area contributed by atoms with Crippen molar-refractivity contribution in [3.05, 3.63) is 81.4 Å². The van der Waals surface area contributed by atoms with Gasteiger partial charge in [-0.15, -0.1) is 0 Å². The van der Waals surface area contributed by atoms with Crippen molar-refractivity contribution in [2.24, 2.45) is 4.99 Å². The number of fused-ring (bicyclic) bond motifs is 1. The van der Waals surface area contributed by atoms with Gasteiger partial charge in [0.05, 0.1) is 10.6 Å². The van der Waals surface area contributed by atoms with Crippen LogP contribution in [0.4, 0.5) is 11.4 Å². The molecule has 29 heavy (non-hydrogen) atoms. The monoisotopic (exact) mass is 386 g/mol. The molecule has 4 aromatic rings. The van der Waals surface area contributed by atoms with Gasteiger partial charge in [-0.2, -0.15) is 0 Å². The third-order valence-corrected chi connectivity index (χ3v) is 4.40. The molecule has 0 unspecified atom stereocenters. The van der Waals surface area contributed by atoms with Crippen LogP contribution in [0, 0.1) is 24.0 Å². The van der Waals surface area contributed by atoms with Gasteiger partial charge in [0.2, 0.25) is 5.89 Å². The average molecular weight is 386 g/mol. The van der Waals surface area contributed by atoms with Gasteiger partial charge >= 0.3 is 0 Å². The van der Waals surface area contributed by atoms with Crippen molar-refractivity contribution in [1.82, 2.24) is 4.98 Å². The van der Waals surface area contributed by atoms with E-state index in [9.17, 15) is 15.2 Å². The van der Waals surface area contributed by atoms with Crippen molar-refractivity contribution in [3.8, 4) is 17.2 Å². The van der Waals surface area contributed by atoms with Crippen LogP contribution in [0.25, 0.3) is 22.6 Å². The molecule has 0 spiro atoms. The van der Waals surface area contributed by atoms with E-state index in [2.05, 4.69) is 16.0 Å². The number of aromatic nitrogens is 1. The fourth-order valence-corrected chi connectivity index (χ4v) is 3.11. The summed E-state index contributed by atoms with van der Waals surface area (Å²) in [5.74, 6) is 0.187. The number of rotatable bonds is 4. The highest BCUT2D eigenvalue weighted by Crippen LogP contribution is 2.28. The first-order valence-electron chi connectivity index (χ1n) is 8.88. The molecule has 0 saturated carbocycles. The molecule has 0 aliphatic heterocycles. The third-order valence-electron chi connectivity index (χ3n) is 4.40. The van der Waals surface area contributed by atoms with Crippen molar-refractivity contribution >= 4 is 28.7 Å². The van der Waals surface area contributed by atoms with Crippen LogP contribution < -0.4 is 5.11 Å². The highest BCUT2D eigenvalue weighted by Gasteiger charge is 2.10. The first kappa shape index (κ1) is 18.4. The second-order valence-electron chi connectivity index (χ2n) is 6.78. The Kier molecular flexibility index (Phi) is 4.56. The molecule has 0 saturated heterocycles. The molecule has 4 rings (SSSR count). The van der Waals surface area contributed by atoms with E-state index in [4.69, 9.17) is 4.42 Å². The largest absolute Gasteiger partial charge is 0.872 e. The summed E-state index contributed by atoms with van der Waals surface area (Å²) < 4.78 is 5.86. The second kappa shape index (κ2) is 7.20. The number of nitro groups is 1. The summed E-state index contributed by atoms with van der Waals surface area (Å²) in [7, 11) is 0. The van der Waals surface area contributed by atoms with Gasteiger partial charge in [0.1, 0.15) is 5.52 Å². The van der Waals surface area contributed by atoms with Crippen LogP contribution in [0.2, 0.25) is 0 Å². The Balaban J connectivity index is 1.67. The molecule has 144 valence electrons. The Hall–Kier alpha value is -4.00. The first-order chi connectivity index (χ1) is 13.9. The molecular weight excluding hydrogens is 370 g/mol. The maximum atomic E-state index is 11.9. The summed E-state index contributed by atoms with van der Waals surface area (Å²) in [6.45, 7) is 4.04. The molecule has 3 aromatic carbocycles. The summed E-state index contributed by atoms with van der Waals surface area (Å²) in [6.07, 6.45) is 1.32. The quantitative estimate of drug-likeness (QED) is 0.283. The van der Waals surface area contributed by atoms with Crippen molar-refractivity contribution in [2.45, 2.75) is 13.8 Å². The zero-order valence-electron chi connectivity index (χ0n) is 15.7. The van der Waals surface area contributed by atoms with E-state index in [0.29, 0.717) is 22.7 Å². The van der Waals surface area contributed by atoms with Crippen molar-refractivity contribution in [2.75, 3.05) is 0 Å². The van der Waals surface area contributed by atoms with Crippen LogP contribution in [0.5, 0.6) is 5.75 Å². The average Bonchev–Trinajstić information content (AvgIpc) is 3.10. The molecule has 0 amide bonds. The summed E-state index contributed by atoms with van der Waals surface area (Å²) in [4.78, 5) is 19.2. The van der Waals surface area contributed by atoms with E-state index in [1.165, 1.54) is 18.3 Å². The van der Waals surface area contributed by atoms with Crippen molar-refractivity contribution in [1.29, 1.82) is 0 Å². The minimum atomic E-state index is -0.549. The molecule has 1 heterocycles. The van der Waals surface area contributed by atoms with Gasteiger partial charge in [0.25, 0.3) is 5.69 Å². The molecule has 0 fully saturated rings. The topological polar surface area (TPSA) is 105 Å². The number of oxazole rings is 1. The second-order valence-corrected chi connectivity index (χ2v) is 6.78. The highest BCUT2D eigenvalue weighted by atomic mass is 16.6. The number of nitro benzene ring substituents is 1. The molecule has 0 bridgehead atoms. The SMILES string of the molecule is Cc1cc(C)cc(-c2nc3cc(N=Cc4cc([N+](=O)[O-])ccc4[O-])ccc3o2)c1. The summed E-state index contributed by atoms with van der Waals surface area (Å²) in [6, 6.07) is 14.9. The minimum absolute atomic E-state index is 0.148. The van der Waals surface area contributed by atoms with E-state index >= 15 is 0 Å². The molecule has 7 nitrogen and oxygen atoms in total. The third kappa shape index (κ3) is 3.84. The van der Waals surface area contributed by atoms with Crippen LogP contribution in [0.15, 0.2) is 64.0 Å². The lowest BCUT2D eigenvalue weighted by molar-refractivity contribution is -0.385. The van der Waals surface area contributed by atoms with Crippen molar-refractivity contribution in [3.63, 3.8) is 0 Å². The fraction of sp³-hybridized carbons (Fsp3) is 0.0909. The van der Waals surface area contributed by atoms with E-state index in [0.717, 1.165) is 22.8 Å². The van der Waals surface area contributed by atoms with E-state index in [-0.39, 0.29) is 17.0 Å². The molecule has 0 aliphatic rings. The molecular formula is C22H16N3O4-. The van der Waals surface area contributed by atoms with Crippen LogP contribution in [-0.2, 0) is 0 Å². The Morgan fingerprint density at radius 1 is 1.03 bits per heavy atom. The summed E-state index contributed by atoms with van der Waals surface area (Å²) >= 11 is 0. The maximum Gasteiger partial charge on any atom is 0.270 e. The van der Waals surface area contributed by atoms with Gasteiger partial charge in [-0.25, -0.2) is 4.98 Å².